The molecule has 44 valence electrons. The number of aliphatic carboxylic acids is 2. The zero-order valence-corrected chi connectivity index (χ0v) is 5.06. The smallest absolute Gasteiger partial charge is 0.414 e. The molecule has 0 atom stereocenters. The van der Waals surface area contributed by atoms with Crippen LogP contribution >= 0.6 is 0 Å². The standard InChI is InChI=1S/C2H2O4.Dy/c3-1(4)2(5)6;/h(H,3,4)(H,5,6);. The second-order valence-electron chi connectivity index (χ2n) is 0.610. The van der Waals surface area contributed by atoms with Gasteiger partial charge in [0.05, 0.1) is 0 Å². The summed E-state index contributed by atoms with van der Waals surface area (Å²) in [7, 11) is 0. The molecule has 7 heavy (non-hydrogen) atoms. The molecule has 4 nitrogen and oxygen atoms in total. The molecule has 5 heteroatoms. The molecule has 0 saturated heterocycles. The van der Waals surface area contributed by atoms with Gasteiger partial charge in [-0.15, -0.1) is 0 Å². The Morgan fingerprint density at radius 1 is 1.00 bits per heavy atom. The van der Waals surface area contributed by atoms with Gasteiger partial charge in [0.15, 0.2) is 0 Å². The Kier molecular flexibility index (Phi) is 6.40. The Hall–Kier alpha value is 0.213. The molecule has 0 bridgehead atoms. The fraction of sp³-hybridized carbons (Fsp3) is 0. The Bertz CT molecular complexity index is 75.7. The summed E-state index contributed by atoms with van der Waals surface area (Å²) < 4.78 is 0. The van der Waals surface area contributed by atoms with Crippen molar-refractivity contribution in [3.8, 4) is 0 Å². The first kappa shape index (κ1) is 10.2. The van der Waals surface area contributed by atoms with Crippen molar-refractivity contribution in [2.24, 2.45) is 0 Å². The van der Waals surface area contributed by atoms with E-state index in [0.717, 1.165) is 0 Å². The maximum absolute atomic E-state index is 9.10. The second kappa shape index (κ2) is 4.37. The van der Waals surface area contributed by atoms with E-state index in [0.29, 0.717) is 0 Å². The largest absolute Gasteiger partial charge is 0.473 e. The van der Waals surface area contributed by atoms with E-state index in [2.05, 4.69) is 0 Å². The van der Waals surface area contributed by atoms with Gasteiger partial charge in [-0.3, -0.25) is 0 Å². The summed E-state index contributed by atoms with van der Waals surface area (Å²) in [5, 5.41) is 14.8. The molecule has 0 aliphatic rings. The first-order chi connectivity index (χ1) is 2.64. The normalized spacial score (nSPS) is 6.29. The van der Waals surface area contributed by atoms with Crippen molar-refractivity contribution in [2.75, 3.05) is 0 Å². The molecule has 0 amide bonds. The van der Waals surface area contributed by atoms with E-state index in [1.165, 1.54) is 0 Å². The molecule has 0 rings (SSSR count). The number of hydrogen-bond acceptors (Lipinski definition) is 2. The van der Waals surface area contributed by atoms with Crippen LogP contribution in [0.4, 0.5) is 0 Å². The Balaban J connectivity index is 0. The third-order valence-corrected chi connectivity index (χ3v) is 0.183. The zero-order chi connectivity index (χ0) is 5.15. The predicted molar refractivity (Wildman–Crippen MR) is 15.3 cm³/mol. The maximum atomic E-state index is 9.10. The summed E-state index contributed by atoms with van der Waals surface area (Å²) in [6.07, 6.45) is 0. The van der Waals surface area contributed by atoms with Gasteiger partial charge in [-0.05, 0) is 0 Å². The van der Waals surface area contributed by atoms with Gasteiger partial charge in [0.1, 0.15) is 0 Å². The summed E-state index contributed by atoms with van der Waals surface area (Å²) in [5.74, 6) is -3.65. The van der Waals surface area contributed by atoms with Gasteiger partial charge in [-0.1, -0.05) is 0 Å². The number of carbonyl (C=O) groups is 2. The average molecular weight is 253 g/mol. The van der Waals surface area contributed by atoms with E-state index in [1.54, 1.807) is 0 Å². The topological polar surface area (TPSA) is 74.6 Å². The van der Waals surface area contributed by atoms with Crippen molar-refractivity contribution in [3.63, 3.8) is 0 Å². The molecule has 0 aliphatic carbocycles. The summed E-state index contributed by atoms with van der Waals surface area (Å²) in [5.41, 5.74) is 0. The first-order valence-electron chi connectivity index (χ1n) is 1.11. The third-order valence-electron chi connectivity index (χ3n) is 0.183. The van der Waals surface area contributed by atoms with Crippen molar-refractivity contribution in [2.45, 2.75) is 0 Å². The molecule has 0 unspecified atom stereocenters. The minimum atomic E-state index is -1.82. The minimum Gasteiger partial charge on any atom is -0.473 e. The first-order valence-corrected chi connectivity index (χ1v) is 1.11. The Morgan fingerprint density at radius 2 is 1.14 bits per heavy atom. The van der Waals surface area contributed by atoms with E-state index in [1.807, 2.05) is 0 Å². The van der Waals surface area contributed by atoms with Crippen LogP contribution in [-0.4, -0.2) is 22.2 Å². The predicted octanol–water partition coefficient (Wildman–Crippen LogP) is -0.844. The Morgan fingerprint density at radius 3 is 1.14 bits per heavy atom. The third kappa shape index (κ3) is 6.21. The van der Waals surface area contributed by atoms with Crippen LogP contribution in [0.25, 0.3) is 0 Å². The van der Waals surface area contributed by atoms with Gasteiger partial charge in [0.2, 0.25) is 0 Å². The molecule has 0 aromatic heterocycles. The fourth-order valence-corrected chi connectivity index (χ4v) is 0. The van der Waals surface area contributed by atoms with E-state index >= 15 is 0 Å². The summed E-state index contributed by atoms with van der Waals surface area (Å²) in [6, 6.07) is 0. The molecule has 0 radical (unpaired) electrons. The van der Waals surface area contributed by atoms with Gasteiger partial charge < -0.3 is 10.2 Å². The van der Waals surface area contributed by atoms with Gasteiger partial charge in [-0.25, -0.2) is 9.59 Å². The number of rotatable bonds is 0. The molecule has 2 N–H and O–H groups in total. The Labute approximate surface area is 69.5 Å². The van der Waals surface area contributed by atoms with E-state index < -0.39 is 11.9 Å². The molecular formula is C2H2DyO4. The van der Waals surface area contributed by atoms with Crippen molar-refractivity contribution in [1.29, 1.82) is 0 Å². The number of carboxylic acid groups (broad SMARTS) is 2. The van der Waals surface area contributed by atoms with Crippen LogP contribution < -0.4 is 0 Å². The molecule has 0 aromatic carbocycles. The SMILES string of the molecule is O=C(O)C(=O)O.[Dy]. The number of hydrogen-bond donors (Lipinski definition) is 2. The van der Waals surface area contributed by atoms with Crippen LogP contribution in [0.5, 0.6) is 0 Å². The summed E-state index contributed by atoms with van der Waals surface area (Å²) in [4.78, 5) is 18.2. The van der Waals surface area contributed by atoms with Crippen LogP contribution in [0.1, 0.15) is 0 Å². The van der Waals surface area contributed by atoms with Crippen LogP contribution in [0.3, 0.4) is 0 Å². The monoisotopic (exact) mass is 254 g/mol. The summed E-state index contributed by atoms with van der Waals surface area (Å²) in [6.45, 7) is 0. The second-order valence-corrected chi connectivity index (χ2v) is 0.610. The van der Waals surface area contributed by atoms with Crippen LogP contribution in [0.15, 0.2) is 0 Å². The van der Waals surface area contributed by atoms with Crippen LogP contribution in [0.2, 0.25) is 0 Å². The molecular weight excluding hydrogens is 251 g/mol. The van der Waals surface area contributed by atoms with Gasteiger partial charge >= 0.3 is 11.9 Å². The molecule has 0 heterocycles. The molecule has 0 fully saturated rings. The van der Waals surface area contributed by atoms with Crippen LogP contribution in [-0.2, 0) is 9.59 Å². The number of carboxylic acids is 2. The average Bonchev–Trinajstić information content (AvgIpc) is 1.36. The van der Waals surface area contributed by atoms with Gasteiger partial charge in [0, 0.05) is 38.2 Å². The fourth-order valence-electron chi connectivity index (χ4n) is 0. The zero-order valence-electron chi connectivity index (χ0n) is 3.03. The van der Waals surface area contributed by atoms with E-state index in [-0.39, 0.29) is 38.2 Å². The molecule has 0 saturated carbocycles. The molecule has 0 aliphatic heterocycles. The molecule has 0 aromatic rings. The van der Waals surface area contributed by atoms with E-state index in [9.17, 15) is 0 Å². The van der Waals surface area contributed by atoms with Crippen molar-refractivity contribution in [1.82, 2.24) is 0 Å². The van der Waals surface area contributed by atoms with Crippen molar-refractivity contribution in [3.05, 3.63) is 0 Å². The van der Waals surface area contributed by atoms with Crippen molar-refractivity contribution < 1.29 is 58.0 Å². The summed E-state index contributed by atoms with van der Waals surface area (Å²) >= 11 is 0. The quantitative estimate of drug-likeness (QED) is 0.551. The maximum Gasteiger partial charge on any atom is 0.414 e. The molecule has 0 spiro atoms. The van der Waals surface area contributed by atoms with Gasteiger partial charge in [0.25, 0.3) is 0 Å². The minimum absolute atomic E-state index is 0. The van der Waals surface area contributed by atoms with Crippen molar-refractivity contribution >= 4 is 11.9 Å². The van der Waals surface area contributed by atoms with E-state index in [4.69, 9.17) is 19.8 Å². The van der Waals surface area contributed by atoms with Crippen LogP contribution in [0, 0.1) is 38.2 Å². The van der Waals surface area contributed by atoms with Gasteiger partial charge in [-0.2, -0.15) is 0 Å².